The molecule has 0 amide bonds. The van der Waals surface area contributed by atoms with Crippen LogP contribution in [0.15, 0.2) is 0 Å². The van der Waals surface area contributed by atoms with Gasteiger partial charge < -0.3 is 25.2 Å². The van der Waals surface area contributed by atoms with E-state index >= 15 is 0 Å². The van der Waals surface area contributed by atoms with Gasteiger partial charge in [0.05, 0.1) is 36.4 Å². The molecule has 0 spiro atoms. The van der Waals surface area contributed by atoms with Crippen LogP contribution in [0.2, 0.25) is 0 Å². The summed E-state index contributed by atoms with van der Waals surface area (Å²) < 4.78 is 5.20. The number of hydrogen-bond donors (Lipinski definition) is 4. The van der Waals surface area contributed by atoms with E-state index in [9.17, 15) is 25.2 Å². The van der Waals surface area contributed by atoms with E-state index in [4.69, 9.17) is 4.74 Å². The smallest absolute Gasteiger partial charge is 0.141 e. The van der Waals surface area contributed by atoms with Crippen LogP contribution in [-0.4, -0.2) is 63.8 Å². The summed E-state index contributed by atoms with van der Waals surface area (Å²) in [5.74, 6) is -0.660. The van der Waals surface area contributed by atoms with Crippen molar-refractivity contribution in [1.29, 1.82) is 0 Å². The summed E-state index contributed by atoms with van der Waals surface area (Å²) in [7, 11) is 1.60. The van der Waals surface area contributed by atoms with Crippen LogP contribution >= 0.6 is 0 Å². The first-order chi connectivity index (χ1) is 10.4. The van der Waals surface area contributed by atoms with Crippen LogP contribution in [0.25, 0.3) is 0 Å². The van der Waals surface area contributed by atoms with Crippen molar-refractivity contribution in [3.05, 3.63) is 0 Å². The largest absolute Gasteiger partial charge is 0.393 e. The minimum Gasteiger partial charge on any atom is -0.393 e. The molecule has 0 aromatic carbocycles. The molecule has 2 saturated carbocycles. The average molecular weight is 316 g/mol. The average Bonchev–Trinajstić information content (AvgIpc) is 2.44. The van der Waals surface area contributed by atoms with Gasteiger partial charge in [0.1, 0.15) is 5.78 Å². The number of aliphatic hydroxyl groups is 4. The molecule has 2 rings (SSSR count). The number of ether oxygens (including phenoxy) is 1. The van der Waals surface area contributed by atoms with E-state index < -0.39 is 30.3 Å². The molecule has 0 aromatic rings. The molecule has 0 saturated heterocycles. The summed E-state index contributed by atoms with van der Waals surface area (Å²) in [5.41, 5.74) is 0. The molecule has 5 unspecified atom stereocenters. The molecular weight excluding hydrogens is 288 g/mol. The Balaban J connectivity index is 1.80. The van der Waals surface area contributed by atoms with Crippen LogP contribution in [0, 0.1) is 11.8 Å². The monoisotopic (exact) mass is 316 g/mol. The van der Waals surface area contributed by atoms with Crippen LogP contribution in [0.5, 0.6) is 0 Å². The molecule has 2 aliphatic carbocycles. The van der Waals surface area contributed by atoms with Gasteiger partial charge in [-0.1, -0.05) is 0 Å². The Hall–Kier alpha value is -0.530. The fraction of sp³-hybridized carbons (Fsp3) is 0.938. The molecular formula is C16H28O6. The van der Waals surface area contributed by atoms with E-state index in [2.05, 4.69) is 0 Å². The van der Waals surface area contributed by atoms with Crippen molar-refractivity contribution in [3.8, 4) is 0 Å². The SMILES string of the molecule is COC1CCC(CCC(=O)C2C(O)CC(O)CC2O)CC1O. The zero-order valence-electron chi connectivity index (χ0n) is 13.1. The van der Waals surface area contributed by atoms with E-state index in [0.717, 1.165) is 12.8 Å². The second-order valence-corrected chi connectivity index (χ2v) is 6.81. The number of carbonyl (C=O) groups is 1. The third kappa shape index (κ3) is 4.26. The molecule has 5 atom stereocenters. The highest BCUT2D eigenvalue weighted by Crippen LogP contribution is 2.32. The maximum absolute atomic E-state index is 12.3. The Morgan fingerprint density at radius 1 is 1.00 bits per heavy atom. The molecule has 0 aliphatic heterocycles. The van der Waals surface area contributed by atoms with Gasteiger partial charge in [-0.25, -0.2) is 0 Å². The standard InChI is InChI=1S/C16H28O6/c1-22-15-5-3-9(6-12(15)19)2-4-11(18)16-13(20)7-10(17)8-14(16)21/h9-10,12-17,19-21H,2-8H2,1H3. The number of Topliss-reactive ketones (excluding diaryl/α,β-unsaturated/α-hetero) is 1. The van der Waals surface area contributed by atoms with Gasteiger partial charge in [0.2, 0.25) is 0 Å². The number of aliphatic hydroxyl groups excluding tert-OH is 4. The molecule has 128 valence electrons. The molecule has 6 heteroatoms. The zero-order valence-corrected chi connectivity index (χ0v) is 13.1. The lowest BCUT2D eigenvalue weighted by Gasteiger charge is -2.35. The summed E-state index contributed by atoms with van der Waals surface area (Å²) in [6.45, 7) is 0. The quantitative estimate of drug-likeness (QED) is 0.569. The molecule has 0 bridgehead atoms. The molecule has 22 heavy (non-hydrogen) atoms. The van der Waals surface area contributed by atoms with Crippen molar-refractivity contribution < 1.29 is 30.0 Å². The summed E-state index contributed by atoms with van der Waals surface area (Å²) in [6, 6.07) is 0. The third-order valence-electron chi connectivity index (χ3n) is 5.19. The van der Waals surface area contributed by atoms with Gasteiger partial charge in [-0.2, -0.15) is 0 Å². The van der Waals surface area contributed by atoms with E-state index in [1.807, 2.05) is 0 Å². The van der Waals surface area contributed by atoms with Gasteiger partial charge in [-0.15, -0.1) is 0 Å². The van der Waals surface area contributed by atoms with E-state index in [1.165, 1.54) is 0 Å². The number of methoxy groups -OCH3 is 1. The van der Waals surface area contributed by atoms with Gasteiger partial charge >= 0.3 is 0 Å². The topological polar surface area (TPSA) is 107 Å². The van der Waals surface area contributed by atoms with Crippen molar-refractivity contribution in [2.45, 2.75) is 75.5 Å². The molecule has 0 radical (unpaired) electrons. The van der Waals surface area contributed by atoms with E-state index in [-0.39, 0.29) is 30.6 Å². The van der Waals surface area contributed by atoms with Crippen LogP contribution in [0.4, 0.5) is 0 Å². The van der Waals surface area contributed by atoms with Crippen LogP contribution in [0.3, 0.4) is 0 Å². The molecule has 2 aliphatic rings. The predicted octanol–water partition coefficient (Wildman–Crippen LogP) is 0.00440. The van der Waals surface area contributed by atoms with Gasteiger partial charge in [-0.05, 0) is 31.6 Å². The summed E-state index contributed by atoms with van der Waals surface area (Å²) >= 11 is 0. The molecule has 6 nitrogen and oxygen atoms in total. The Kier molecular flexibility index (Phi) is 6.35. The van der Waals surface area contributed by atoms with Crippen LogP contribution in [-0.2, 0) is 9.53 Å². The lowest BCUT2D eigenvalue weighted by molar-refractivity contribution is -0.139. The minimum absolute atomic E-state index is 0.115. The first-order valence-corrected chi connectivity index (χ1v) is 8.20. The van der Waals surface area contributed by atoms with Crippen LogP contribution in [0.1, 0.15) is 44.9 Å². The fourth-order valence-electron chi connectivity index (χ4n) is 3.89. The van der Waals surface area contributed by atoms with Crippen molar-refractivity contribution in [3.63, 3.8) is 0 Å². The second kappa shape index (κ2) is 7.84. The van der Waals surface area contributed by atoms with E-state index in [1.54, 1.807) is 7.11 Å². The maximum Gasteiger partial charge on any atom is 0.141 e. The minimum atomic E-state index is -0.971. The van der Waals surface area contributed by atoms with Crippen LogP contribution < -0.4 is 0 Å². The molecule has 0 heterocycles. The Morgan fingerprint density at radius 2 is 1.64 bits per heavy atom. The molecule has 4 N–H and O–H groups in total. The van der Waals surface area contributed by atoms with Crippen molar-refractivity contribution in [1.82, 2.24) is 0 Å². The highest BCUT2D eigenvalue weighted by Gasteiger charge is 2.40. The Morgan fingerprint density at radius 3 is 2.18 bits per heavy atom. The normalized spacial score (nSPS) is 43.0. The molecule has 2 fully saturated rings. The van der Waals surface area contributed by atoms with E-state index in [0.29, 0.717) is 19.3 Å². The third-order valence-corrected chi connectivity index (χ3v) is 5.19. The lowest BCUT2D eigenvalue weighted by Crippen LogP contribution is -2.46. The zero-order chi connectivity index (χ0) is 16.3. The summed E-state index contributed by atoms with van der Waals surface area (Å²) in [6.07, 6.45) is 0.283. The van der Waals surface area contributed by atoms with Gasteiger partial charge in [0.15, 0.2) is 0 Å². The number of rotatable bonds is 5. The second-order valence-electron chi connectivity index (χ2n) is 6.81. The maximum atomic E-state index is 12.3. The lowest BCUT2D eigenvalue weighted by atomic mass is 9.77. The number of carbonyl (C=O) groups excluding carboxylic acids is 1. The highest BCUT2D eigenvalue weighted by atomic mass is 16.5. The summed E-state index contributed by atoms with van der Waals surface area (Å²) in [5, 5.41) is 39.3. The Labute approximate surface area is 131 Å². The fourth-order valence-corrected chi connectivity index (χ4v) is 3.89. The first kappa shape index (κ1) is 17.8. The van der Waals surface area contributed by atoms with Gasteiger partial charge in [0.25, 0.3) is 0 Å². The Bertz CT molecular complexity index is 362. The number of hydrogen-bond acceptors (Lipinski definition) is 6. The van der Waals surface area contributed by atoms with Crippen molar-refractivity contribution in [2.75, 3.05) is 7.11 Å². The predicted molar refractivity (Wildman–Crippen MR) is 79.1 cm³/mol. The summed E-state index contributed by atoms with van der Waals surface area (Å²) in [4.78, 5) is 12.3. The van der Waals surface area contributed by atoms with Crippen molar-refractivity contribution >= 4 is 5.78 Å². The van der Waals surface area contributed by atoms with Crippen molar-refractivity contribution in [2.24, 2.45) is 11.8 Å². The van der Waals surface area contributed by atoms with Gasteiger partial charge in [-0.3, -0.25) is 4.79 Å². The molecule has 0 aromatic heterocycles. The first-order valence-electron chi connectivity index (χ1n) is 8.20. The number of ketones is 1. The van der Waals surface area contributed by atoms with Gasteiger partial charge in [0, 0.05) is 26.4 Å². The highest BCUT2D eigenvalue weighted by molar-refractivity contribution is 5.82.